The lowest BCUT2D eigenvalue weighted by atomic mass is 10.3. The highest BCUT2D eigenvalue weighted by atomic mass is 32.1. The number of methoxy groups -OCH3 is 2. The maximum atomic E-state index is 8.97. The first-order valence-electron chi connectivity index (χ1n) is 6.66. The summed E-state index contributed by atoms with van der Waals surface area (Å²) in [4.78, 5) is 4.30. The Balaban J connectivity index is 1.86. The van der Waals surface area contributed by atoms with E-state index < -0.39 is 0 Å². The standard InChI is InChI=1S/C15H19NO4S/c1-18-12-5-3-6-13(15(12)19-2)20-8-4-7-14-16-11(9-17)10-21-14/h3,5-6,10,17H,4,7-9H2,1-2H3. The molecule has 0 aliphatic rings. The van der Waals surface area contributed by atoms with Crippen LogP contribution < -0.4 is 14.2 Å². The predicted molar refractivity (Wildman–Crippen MR) is 81.4 cm³/mol. The molecule has 1 heterocycles. The minimum Gasteiger partial charge on any atom is -0.493 e. The molecular weight excluding hydrogens is 290 g/mol. The van der Waals surface area contributed by atoms with Crippen LogP contribution in [0.4, 0.5) is 0 Å². The number of nitrogens with zero attached hydrogens (tertiary/aromatic N) is 1. The molecule has 2 rings (SSSR count). The van der Waals surface area contributed by atoms with E-state index in [-0.39, 0.29) is 6.61 Å². The topological polar surface area (TPSA) is 60.8 Å². The van der Waals surface area contributed by atoms with Crippen molar-refractivity contribution >= 4 is 11.3 Å². The third-order valence-electron chi connectivity index (χ3n) is 2.92. The van der Waals surface area contributed by atoms with E-state index in [1.54, 1.807) is 25.6 Å². The van der Waals surface area contributed by atoms with Crippen LogP contribution in [0.1, 0.15) is 17.1 Å². The van der Waals surface area contributed by atoms with Crippen LogP contribution in [0, 0.1) is 0 Å². The fourth-order valence-corrected chi connectivity index (χ4v) is 2.74. The molecule has 114 valence electrons. The quantitative estimate of drug-likeness (QED) is 0.760. The minimum atomic E-state index is -0.00594. The molecule has 0 amide bonds. The molecule has 0 atom stereocenters. The number of para-hydroxylation sites is 1. The van der Waals surface area contributed by atoms with Crippen molar-refractivity contribution in [1.82, 2.24) is 4.98 Å². The van der Waals surface area contributed by atoms with Gasteiger partial charge in [0.15, 0.2) is 11.5 Å². The Morgan fingerprint density at radius 1 is 1.19 bits per heavy atom. The third kappa shape index (κ3) is 4.09. The number of hydrogen-bond donors (Lipinski definition) is 1. The molecule has 1 N–H and O–H groups in total. The van der Waals surface area contributed by atoms with Gasteiger partial charge >= 0.3 is 0 Å². The molecule has 0 fully saturated rings. The second kappa shape index (κ2) is 7.85. The van der Waals surface area contributed by atoms with Gasteiger partial charge in [-0.1, -0.05) is 6.07 Å². The Labute approximate surface area is 128 Å². The minimum absolute atomic E-state index is 0.00594. The molecule has 0 aliphatic heterocycles. The van der Waals surface area contributed by atoms with Crippen LogP contribution in [0.3, 0.4) is 0 Å². The van der Waals surface area contributed by atoms with E-state index in [0.29, 0.717) is 23.9 Å². The summed E-state index contributed by atoms with van der Waals surface area (Å²) >= 11 is 1.56. The second-order valence-electron chi connectivity index (χ2n) is 4.33. The summed E-state index contributed by atoms with van der Waals surface area (Å²) in [6.45, 7) is 0.561. The van der Waals surface area contributed by atoms with Gasteiger partial charge in [0.1, 0.15) is 0 Å². The fraction of sp³-hybridized carbons (Fsp3) is 0.400. The van der Waals surface area contributed by atoms with E-state index in [1.165, 1.54) is 0 Å². The Hall–Kier alpha value is -1.79. The third-order valence-corrected chi connectivity index (χ3v) is 3.88. The highest BCUT2D eigenvalue weighted by Crippen LogP contribution is 2.36. The largest absolute Gasteiger partial charge is 0.493 e. The van der Waals surface area contributed by atoms with Crippen LogP contribution in [-0.4, -0.2) is 30.9 Å². The van der Waals surface area contributed by atoms with Crippen LogP contribution in [0.2, 0.25) is 0 Å². The second-order valence-corrected chi connectivity index (χ2v) is 5.28. The van der Waals surface area contributed by atoms with E-state index in [2.05, 4.69) is 4.98 Å². The van der Waals surface area contributed by atoms with E-state index in [9.17, 15) is 0 Å². The van der Waals surface area contributed by atoms with E-state index in [4.69, 9.17) is 19.3 Å². The molecule has 21 heavy (non-hydrogen) atoms. The van der Waals surface area contributed by atoms with Gasteiger partial charge in [-0.15, -0.1) is 11.3 Å². The monoisotopic (exact) mass is 309 g/mol. The molecule has 5 nitrogen and oxygen atoms in total. The highest BCUT2D eigenvalue weighted by molar-refractivity contribution is 7.09. The van der Waals surface area contributed by atoms with Crippen molar-refractivity contribution in [3.05, 3.63) is 34.3 Å². The zero-order valence-corrected chi connectivity index (χ0v) is 13.0. The molecule has 2 aromatic rings. The lowest BCUT2D eigenvalue weighted by Crippen LogP contribution is -2.02. The van der Waals surface area contributed by atoms with Gasteiger partial charge in [-0.2, -0.15) is 0 Å². The molecule has 0 radical (unpaired) electrons. The summed E-state index contributed by atoms with van der Waals surface area (Å²) in [6.07, 6.45) is 1.68. The van der Waals surface area contributed by atoms with Gasteiger partial charge in [0, 0.05) is 11.8 Å². The van der Waals surface area contributed by atoms with E-state index in [0.717, 1.165) is 23.5 Å². The van der Waals surface area contributed by atoms with Gasteiger partial charge in [-0.25, -0.2) is 4.98 Å². The van der Waals surface area contributed by atoms with E-state index >= 15 is 0 Å². The summed E-state index contributed by atoms with van der Waals surface area (Å²) in [6, 6.07) is 5.55. The maximum absolute atomic E-state index is 8.97. The van der Waals surface area contributed by atoms with Gasteiger partial charge in [-0.05, 0) is 18.6 Å². The average Bonchev–Trinajstić information content (AvgIpc) is 2.99. The summed E-state index contributed by atoms with van der Waals surface area (Å²) in [7, 11) is 3.19. The molecule has 0 spiro atoms. The van der Waals surface area contributed by atoms with Crippen LogP contribution in [0.15, 0.2) is 23.6 Å². The fourth-order valence-electron chi connectivity index (χ4n) is 1.91. The molecule has 1 aromatic heterocycles. The zero-order valence-electron chi connectivity index (χ0n) is 12.2. The number of rotatable bonds is 8. The Bertz CT molecular complexity index is 571. The summed E-state index contributed by atoms with van der Waals surface area (Å²) < 4.78 is 16.3. The first-order chi connectivity index (χ1) is 10.3. The van der Waals surface area contributed by atoms with Crippen LogP contribution in [0.25, 0.3) is 0 Å². The summed E-state index contributed by atoms with van der Waals surface area (Å²) in [5.74, 6) is 1.94. The number of aliphatic hydroxyl groups is 1. The molecule has 0 saturated heterocycles. The van der Waals surface area contributed by atoms with Gasteiger partial charge < -0.3 is 19.3 Å². The van der Waals surface area contributed by atoms with Crippen molar-refractivity contribution in [2.45, 2.75) is 19.4 Å². The molecule has 0 bridgehead atoms. The lowest BCUT2D eigenvalue weighted by molar-refractivity contribution is 0.276. The highest BCUT2D eigenvalue weighted by Gasteiger charge is 2.10. The normalized spacial score (nSPS) is 10.4. The van der Waals surface area contributed by atoms with E-state index in [1.807, 2.05) is 23.6 Å². The van der Waals surface area contributed by atoms with Gasteiger partial charge in [-0.3, -0.25) is 0 Å². The summed E-state index contributed by atoms with van der Waals surface area (Å²) in [5, 5.41) is 11.9. The van der Waals surface area contributed by atoms with Crippen LogP contribution >= 0.6 is 11.3 Å². The molecule has 6 heteroatoms. The lowest BCUT2D eigenvalue weighted by Gasteiger charge is -2.13. The molecule has 1 aromatic carbocycles. The van der Waals surface area contributed by atoms with Crippen molar-refractivity contribution in [3.8, 4) is 17.2 Å². The van der Waals surface area contributed by atoms with Crippen molar-refractivity contribution in [3.63, 3.8) is 0 Å². The number of ether oxygens (including phenoxy) is 3. The Morgan fingerprint density at radius 3 is 2.67 bits per heavy atom. The van der Waals surface area contributed by atoms with Crippen molar-refractivity contribution in [1.29, 1.82) is 0 Å². The van der Waals surface area contributed by atoms with Crippen molar-refractivity contribution in [2.75, 3.05) is 20.8 Å². The van der Waals surface area contributed by atoms with Crippen molar-refractivity contribution < 1.29 is 19.3 Å². The van der Waals surface area contributed by atoms with Gasteiger partial charge in [0.05, 0.1) is 38.1 Å². The predicted octanol–water partition coefficient (Wildman–Crippen LogP) is 2.66. The molecule has 0 saturated carbocycles. The summed E-state index contributed by atoms with van der Waals surface area (Å²) in [5.41, 5.74) is 0.727. The van der Waals surface area contributed by atoms with Crippen molar-refractivity contribution in [2.24, 2.45) is 0 Å². The Morgan fingerprint density at radius 2 is 2.00 bits per heavy atom. The number of aryl methyl sites for hydroxylation is 1. The number of benzene rings is 1. The first-order valence-corrected chi connectivity index (χ1v) is 7.54. The first kappa shape index (κ1) is 15.6. The van der Waals surface area contributed by atoms with Gasteiger partial charge in [0.25, 0.3) is 0 Å². The van der Waals surface area contributed by atoms with Gasteiger partial charge in [0.2, 0.25) is 5.75 Å². The van der Waals surface area contributed by atoms with Crippen LogP contribution in [-0.2, 0) is 13.0 Å². The molecule has 0 aliphatic carbocycles. The maximum Gasteiger partial charge on any atom is 0.203 e. The number of hydrogen-bond acceptors (Lipinski definition) is 6. The number of aromatic nitrogens is 1. The molecule has 0 unspecified atom stereocenters. The van der Waals surface area contributed by atoms with Crippen LogP contribution in [0.5, 0.6) is 17.2 Å². The number of thiazole rings is 1. The Kier molecular flexibility index (Phi) is 5.83. The number of aliphatic hydroxyl groups excluding tert-OH is 1. The average molecular weight is 309 g/mol. The smallest absolute Gasteiger partial charge is 0.203 e. The SMILES string of the molecule is COc1cccc(OCCCc2nc(CO)cs2)c1OC. The molecular formula is C15H19NO4S. The zero-order chi connectivity index (χ0) is 15.1.